The number of Topliss-reactive ketones (excluding diaryl/α,β-unsaturated/α-hetero) is 1. The molecule has 0 bridgehead atoms. The van der Waals surface area contributed by atoms with Gasteiger partial charge in [-0.15, -0.1) is 0 Å². The van der Waals surface area contributed by atoms with Gasteiger partial charge in [0.2, 0.25) is 0 Å². The summed E-state index contributed by atoms with van der Waals surface area (Å²) in [4.78, 5) is 14.3. The van der Waals surface area contributed by atoms with Gasteiger partial charge in [0, 0.05) is 19.0 Å². The summed E-state index contributed by atoms with van der Waals surface area (Å²) in [5.41, 5.74) is 0.454. The highest BCUT2D eigenvalue weighted by atomic mass is 19.1. The van der Waals surface area contributed by atoms with Crippen molar-refractivity contribution in [1.82, 2.24) is 4.90 Å². The van der Waals surface area contributed by atoms with Crippen LogP contribution in [0.25, 0.3) is 0 Å². The maximum absolute atomic E-state index is 13.6. The Bertz CT molecular complexity index is 458. The fourth-order valence-electron chi connectivity index (χ4n) is 3.10. The van der Waals surface area contributed by atoms with Gasteiger partial charge in [0.25, 0.3) is 0 Å². The van der Waals surface area contributed by atoms with Crippen molar-refractivity contribution < 1.29 is 14.3 Å². The first kappa shape index (κ1) is 16.1. The van der Waals surface area contributed by atoms with E-state index in [1.54, 1.807) is 18.2 Å². The molecule has 0 heterocycles. The second-order valence-electron chi connectivity index (χ2n) is 5.79. The average Bonchev–Trinajstić information content (AvgIpc) is 2.50. The van der Waals surface area contributed by atoms with Crippen molar-refractivity contribution in [1.29, 1.82) is 0 Å². The van der Waals surface area contributed by atoms with Gasteiger partial charge in [-0.1, -0.05) is 37.5 Å². The number of benzene rings is 1. The monoisotopic (exact) mass is 293 g/mol. The third kappa shape index (κ3) is 4.90. The number of hydrogen-bond acceptors (Lipinski definition) is 3. The second-order valence-corrected chi connectivity index (χ2v) is 5.79. The van der Waals surface area contributed by atoms with Crippen LogP contribution in [-0.4, -0.2) is 41.5 Å². The van der Waals surface area contributed by atoms with Crippen LogP contribution in [0.5, 0.6) is 0 Å². The number of nitrogens with zero attached hydrogens (tertiary/aromatic N) is 1. The molecule has 1 saturated carbocycles. The molecular weight excluding hydrogens is 269 g/mol. The van der Waals surface area contributed by atoms with E-state index in [1.807, 2.05) is 0 Å². The van der Waals surface area contributed by atoms with E-state index in [9.17, 15) is 14.3 Å². The van der Waals surface area contributed by atoms with Gasteiger partial charge >= 0.3 is 0 Å². The summed E-state index contributed by atoms with van der Waals surface area (Å²) < 4.78 is 13.6. The lowest BCUT2D eigenvalue weighted by atomic mass is 9.94. The molecule has 3 nitrogen and oxygen atoms in total. The summed E-state index contributed by atoms with van der Waals surface area (Å²) in [5.74, 6) is -0.309. The number of hydrogen-bond donors (Lipinski definition) is 1. The molecular formula is C17H24FNO2. The summed E-state index contributed by atoms with van der Waals surface area (Å²) in [5, 5.41) is 9.20. The van der Waals surface area contributed by atoms with Crippen LogP contribution in [0.1, 0.15) is 37.7 Å². The topological polar surface area (TPSA) is 40.5 Å². The maximum Gasteiger partial charge on any atom is 0.151 e. The molecule has 0 aromatic heterocycles. The molecule has 1 aromatic carbocycles. The average molecular weight is 293 g/mol. The normalized spacial score (nSPS) is 16.3. The zero-order valence-corrected chi connectivity index (χ0v) is 12.4. The number of rotatable bonds is 7. The van der Waals surface area contributed by atoms with Crippen molar-refractivity contribution in [2.75, 3.05) is 19.7 Å². The Morgan fingerprint density at radius 2 is 1.95 bits per heavy atom. The van der Waals surface area contributed by atoms with Crippen LogP contribution in [0.2, 0.25) is 0 Å². The van der Waals surface area contributed by atoms with E-state index < -0.39 is 0 Å². The molecule has 0 amide bonds. The summed E-state index contributed by atoms with van der Waals surface area (Å²) in [6.45, 7) is 0.886. The predicted octanol–water partition coefficient (Wildman–Crippen LogP) is 2.56. The standard InChI is InChI=1S/C17H24FNO2/c18-17-9-5-4-6-14(17)12-16(21)13-19(10-11-20)15-7-2-1-3-8-15/h4-6,9,15,20H,1-3,7-8,10-13H2. The number of aliphatic hydroxyl groups is 1. The minimum atomic E-state index is -0.322. The van der Waals surface area contributed by atoms with Gasteiger partial charge in [-0.3, -0.25) is 9.69 Å². The van der Waals surface area contributed by atoms with Gasteiger partial charge in [-0.25, -0.2) is 4.39 Å². The van der Waals surface area contributed by atoms with Crippen molar-refractivity contribution in [3.63, 3.8) is 0 Å². The van der Waals surface area contributed by atoms with Crippen LogP contribution in [-0.2, 0) is 11.2 Å². The highest BCUT2D eigenvalue weighted by Crippen LogP contribution is 2.22. The molecule has 0 spiro atoms. The Balaban J connectivity index is 1.93. The van der Waals surface area contributed by atoms with E-state index in [1.165, 1.54) is 25.3 Å². The quantitative estimate of drug-likeness (QED) is 0.840. The van der Waals surface area contributed by atoms with Gasteiger partial charge in [0.1, 0.15) is 5.82 Å². The first-order valence-electron chi connectivity index (χ1n) is 7.80. The Labute approximate surface area is 125 Å². The van der Waals surface area contributed by atoms with Crippen molar-refractivity contribution in [3.8, 4) is 0 Å². The molecule has 0 unspecified atom stereocenters. The van der Waals surface area contributed by atoms with Crippen molar-refractivity contribution in [3.05, 3.63) is 35.6 Å². The van der Waals surface area contributed by atoms with E-state index in [0.717, 1.165) is 12.8 Å². The highest BCUT2D eigenvalue weighted by molar-refractivity contribution is 5.82. The van der Waals surface area contributed by atoms with Crippen molar-refractivity contribution >= 4 is 5.78 Å². The zero-order chi connectivity index (χ0) is 15.1. The van der Waals surface area contributed by atoms with Crippen LogP contribution in [0.4, 0.5) is 4.39 Å². The van der Waals surface area contributed by atoms with E-state index in [4.69, 9.17) is 0 Å². The summed E-state index contributed by atoms with van der Waals surface area (Å²) in [6, 6.07) is 6.80. The van der Waals surface area contributed by atoms with E-state index in [0.29, 0.717) is 24.7 Å². The Kier molecular flexibility index (Phi) is 6.33. The number of halogens is 1. The van der Waals surface area contributed by atoms with Crippen molar-refractivity contribution in [2.24, 2.45) is 0 Å². The smallest absolute Gasteiger partial charge is 0.151 e. The zero-order valence-electron chi connectivity index (χ0n) is 12.4. The fourth-order valence-corrected chi connectivity index (χ4v) is 3.10. The van der Waals surface area contributed by atoms with Crippen LogP contribution in [0, 0.1) is 5.82 Å². The Hall–Kier alpha value is -1.26. The number of ketones is 1. The first-order valence-corrected chi connectivity index (χ1v) is 7.80. The number of carbonyl (C=O) groups excluding carboxylic acids is 1. The van der Waals surface area contributed by atoms with E-state index in [-0.39, 0.29) is 24.6 Å². The molecule has 1 aliphatic carbocycles. The molecule has 1 aromatic rings. The van der Waals surface area contributed by atoms with Crippen LogP contribution >= 0.6 is 0 Å². The van der Waals surface area contributed by atoms with Crippen LogP contribution < -0.4 is 0 Å². The Morgan fingerprint density at radius 3 is 2.62 bits per heavy atom. The predicted molar refractivity (Wildman–Crippen MR) is 80.6 cm³/mol. The Morgan fingerprint density at radius 1 is 1.24 bits per heavy atom. The summed E-state index contributed by atoms with van der Waals surface area (Å²) in [6.07, 6.45) is 5.94. The SMILES string of the molecule is O=C(Cc1ccccc1F)CN(CCO)C1CCCCC1. The highest BCUT2D eigenvalue weighted by Gasteiger charge is 2.22. The largest absolute Gasteiger partial charge is 0.395 e. The lowest BCUT2D eigenvalue weighted by Crippen LogP contribution is -2.42. The molecule has 1 aliphatic rings. The molecule has 4 heteroatoms. The van der Waals surface area contributed by atoms with Gasteiger partial charge in [0.05, 0.1) is 13.2 Å². The molecule has 0 atom stereocenters. The molecule has 21 heavy (non-hydrogen) atoms. The lowest BCUT2D eigenvalue weighted by molar-refractivity contribution is -0.120. The molecule has 0 saturated heterocycles. The number of aliphatic hydroxyl groups excluding tert-OH is 1. The second kappa shape index (κ2) is 8.25. The maximum atomic E-state index is 13.6. The molecule has 2 rings (SSSR count). The molecule has 1 fully saturated rings. The van der Waals surface area contributed by atoms with Crippen LogP contribution in [0.15, 0.2) is 24.3 Å². The van der Waals surface area contributed by atoms with Gasteiger partial charge < -0.3 is 5.11 Å². The van der Waals surface area contributed by atoms with Crippen molar-refractivity contribution in [2.45, 2.75) is 44.6 Å². The van der Waals surface area contributed by atoms with E-state index in [2.05, 4.69) is 4.90 Å². The van der Waals surface area contributed by atoms with Crippen LogP contribution in [0.3, 0.4) is 0 Å². The minimum absolute atomic E-state index is 0.0131. The molecule has 1 N–H and O–H groups in total. The first-order chi connectivity index (χ1) is 10.2. The molecule has 0 aliphatic heterocycles. The summed E-state index contributed by atoms with van der Waals surface area (Å²) in [7, 11) is 0. The molecule has 116 valence electrons. The fraction of sp³-hybridized carbons (Fsp3) is 0.588. The lowest BCUT2D eigenvalue weighted by Gasteiger charge is -2.33. The third-order valence-electron chi connectivity index (χ3n) is 4.20. The van der Waals surface area contributed by atoms with Gasteiger partial charge in [0.15, 0.2) is 5.78 Å². The van der Waals surface area contributed by atoms with Gasteiger partial charge in [-0.05, 0) is 24.5 Å². The van der Waals surface area contributed by atoms with Gasteiger partial charge in [-0.2, -0.15) is 0 Å². The summed E-state index contributed by atoms with van der Waals surface area (Å²) >= 11 is 0. The van der Waals surface area contributed by atoms with E-state index >= 15 is 0 Å². The molecule has 0 radical (unpaired) electrons. The minimum Gasteiger partial charge on any atom is -0.395 e. The number of carbonyl (C=O) groups is 1. The third-order valence-corrected chi connectivity index (χ3v) is 4.20.